The van der Waals surface area contributed by atoms with E-state index in [1.807, 2.05) is 41.3 Å². The molecule has 2 aromatic carbocycles. The van der Waals surface area contributed by atoms with Crippen molar-refractivity contribution in [2.24, 2.45) is 5.92 Å². The van der Waals surface area contributed by atoms with E-state index in [0.29, 0.717) is 56.4 Å². The average molecular weight is 542 g/mol. The third-order valence-electron chi connectivity index (χ3n) is 7.40. The summed E-state index contributed by atoms with van der Waals surface area (Å²) in [5, 5.41) is 11.0. The molecule has 2 aliphatic rings. The van der Waals surface area contributed by atoms with E-state index in [1.165, 1.54) is 4.90 Å². The molecule has 11 heteroatoms. The zero-order chi connectivity index (χ0) is 27.6. The first-order valence-corrected chi connectivity index (χ1v) is 12.8. The molecule has 3 aromatic rings. The van der Waals surface area contributed by atoms with Crippen LogP contribution in [-0.2, 0) is 11.0 Å². The molecule has 39 heavy (non-hydrogen) atoms. The van der Waals surface area contributed by atoms with Crippen molar-refractivity contribution >= 4 is 23.3 Å². The molecule has 2 saturated heterocycles. The number of aromatic nitrogens is 2. The monoisotopic (exact) mass is 541 g/mol. The van der Waals surface area contributed by atoms with Crippen molar-refractivity contribution in [3.05, 3.63) is 83.3 Å². The van der Waals surface area contributed by atoms with Crippen LogP contribution in [0.15, 0.2) is 60.8 Å². The van der Waals surface area contributed by atoms with E-state index in [4.69, 9.17) is 0 Å². The van der Waals surface area contributed by atoms with Gasteiger partial charge < -0.3 is 15.1 Å². The standard InChI is InChI=1S/C28H27F4N5O2/c29-24-8-5-21(28(30,31)32)16-23(24)27(39)36-13-9-19(10-14-36)18-3-6-22(7-4-18)34-26(38)20-11-15-37(17-20)25-2-1-12-33-35-25/h1-8,12,16,19-20H,9-11,13-15,17H2,(H,34,38)/t20-/m0/s1. The summed E-state index contributed by atoms with van der Waals surface area (Å²) in [6.45, 7) is 1.92. The first-order chi connectivity index (χ1) is 18.7. The van der Waals surface area contributed by atoms with Crippen LogP contribution in [0.2, 0.25) is 0 Å². The van der Waals surface area contributed by atoms with E-state index in [1.54, 1.807) is 6.20 Å². The number of nitrogens with one attached hydrogen (secondary N) is 1. The van der Waals surface area contributed by atoms with Crippen LogP contribution in [0.25, 0.3) is 0 Å². The van der Waals surface area contributed by atoms with E-state index in [-0.39, 0.29) is 17.7 Å². The number of piperidine rings is 1. The van der Waals surface area contributed by atoms with Crippen LogP contribution in [-0.4, -0.2) is 53.1 Å². The van der Waals surface area contributed by atoms with Crippen LogP contribution < -0.4 is 10.2 Å². The molecule has 2 fully saturated rings. The molecule has 3 heterocycles. The Labute approximate surface area is 222 Å². The van der Waals surface area contributed by atoms with Crippen LogP contribution in [0.5, 0.6) is 0 Å². The number of rotatable bonds is 5. The molecule has 5 rings (SSSR count). The molecule has 7 nitrogen and oxygen atoms in total. The van der Waals surface area contributed by atoms with Gasteiger partial charge in [-0.3, -0.25) is 9.59 Å². The summed E-state index contributed by atoms with van der Waals surface area (Å²) < 4.78 is 53.2. The smallest absolute Gasteiger partial charge is 0.354 e. The zero-order valence-electron chi connectivity index (χ0n) is 21.0. The van der Waals surface area contributed by atoms with Gasteiger partial charge in [-0.2, -0.15) is 18.3 Å². The molecule has 0 spiro atoms. The van der Waals surface area contributed by atoms with Crippen LogP contribution in [0.1, 0.15) is 46.7 Å². The van der Waals surface area contributed by atoms with Crippen molar-refractivity contribution in [3.8, 4) is 0 Å². The summed E-state index contributed by atoms with van der Waals surface area (Å²) in [6.07, 6.45) is -1.13. The van der Waals surface area contributed by atoms with Crippen molar-refractivity contribution in [2.75, 3.05) is 36.4 Å². The van der Waals surface area contributed by atoms with Crippen molar-refractivity contribution in [2.45, 2.75) is 31.4 Å². The number of benzene rings is 2. The van der Waals surface area contributed by atoms with Gasteiger partial charge in [0.25, 0.3) is 5.91 Å². The average Bonchev–Trinajstić information content (AvgIpc) is 3.44. The van der Waals surface area contributed by atoms with Gasteiger partial charge in [-0.25, -0.2) is 4.39 Å². The Morgan fingerprint density at radius 3 is 2.36 bits per heavy atom. The van der Waals surface area contributed by atoms with Crippen LogP contribution in [0, 0.1) is 11.7 Å². The van der Waals surface area contributed by atoms with Gasteiger partial charge in [-0.1, -0.05) is 12.1 Å². The van der Waals surface area contributed by atoms with Crippen LogP contribution in [0.4, 0.5) is 29.1 Å². The fourth-order valence-electron chi connectivity index (χ4n) is 5.18. The molecular formula is C28H27F4N5O2. The minimum Gasteiger partial charge on any atom is -0.354 e. The molecule has 0 aliphatic carbocycles. The lowest BCUT2D eigenvalue weighted by Gasteiger charge is -2.32. The highest BCUT2D eigenvalue weighted by Gasteiger charge is 2.33. The summed E-state index contributed by atoms with van der Waals surface area (Å²) in [5.41, 5.74) is 0.116. The molecule has 1 aromatic heterocycles. The summed E-state index contributed by atoms with van der Waals surface area (Å²) in [5.74, 6) is -1.02. The van der Waals surface area contributed by atoms with Crippen molar-refractivity contribution in [3.63, 3.8) is 0 Å². The zero-order valence-corrected chi connectivity index (χ0v) is 21.0. The molecule has 0 bridgehead atoms. The number of carbonyl (C=O) groups is 2. The quantitative estimate of drug-likeness (QED) is 0.454. The van der Waals surface area contributed by atoms with E-state index >= 15 is 0 Å². The fraction of sp³-hybridized carbons (Fsp3) is 0.357. The Bertz CT molecular complexity index is 1330. The lowest BCUT2D eigenvalue weighted by molar-refractivity contribution is -0.137. The first-order valence-electron chi connectivity index (χ1n) is 12.8. The summed E-state index contributed by atoms with van der Waals surface area (Å²) in [6, 6.07) is 13.1. The highest BCUT2D eigenvalue weighted by molar-refractivity contribution is 5.95. The SMILES string of the molecule is O=C(Nc1ccc(C2CCN(C(=O)c3cc(C(F)(F)F)ccc3F)CC2)cc1)[C@H]1CCN(c2cccnn2)C1. The third-order valence-corrected chi connectivity index (χ3v) is 7.40. The van der Waals surface area contributed by atoms with E-state index < -0.39 is 29.0 Å². The predicted octanol–water partition coefficient (Wildman–Crippen LogP) is 5.12. The summed E-state index contributed by atoms with van der Waals surface area (Å²) in [4.78, 5) is 29.0. The van der Waals surface area contributed by atoms with Gasteiger partial charge in [0, 0.05) is 38.1 Å². The first kappa shape index (κ1) is 26.6. The third kappa shape index (κ3) is 6.02. The molecule has 1 N–H and O–H groups in total. The minimum atomic E-state index is -4.66. The number of nitrogens with zero attached hydrogens (tertiary/aromatic N) is 4. The number of halogens is 4. The van der Waals surface area contributed by atoms with Crippen molar-refractivity contribution in [1.29, 1.82) is 0 Å². The molecule has 0 saturated carbocycles. The summed E-state index contributed by atoms with van der Waals surface area (Å²) in [7, 11) is 0. The maximum absolute atomic E-state index is 14.2. The number of anilines is 2. The topological polar surface area (TPSA) is 78.4 Å². The highest BCUT2D eigenvalue weighted by atomic mass is 19.4. The molecular weight excluding hydrogens is 514 g/mol. The van der Waals surface area contributed by atoms with Gasteiger partial charge in [0.2, 0.25) is 5.91 Å². The van der Waals surface area contributed by atoms with Gasteiger partial charge in [-0.15, -0.1) is 5.10 Å². The van der Waals surface area contributed by atoms with Crippen LogP contribution >= 0.6 is 0 Å². The highest BCUT2D eigenvalue weighted by Crippen LogP contribution is 2.33. The van der Waals surface area contributed by atoms with Gasteiger partial charge >= 0.3 is 6.18 Å². The molecule has 2 amide bonds. The molecule has 204 valence electrons. The largest absolute Gasteiger partial charge is 0.416 e. The molecule has 2 aliphatic heterocycles. The molecule has 1 atom stereocenters. The Morgan fingerprint density at radius 1 is 0.949 bits per heavy atom. The Balaban J connectivity index is 1.14. The second-order valence-electron chi connectivity index (χ2n) is 9.88. The number of amides is 2. The Hall–Kier alpha value is -4.02. The maximum Gasteiger partial charge on any atom is 0.416 e. The van der Waals surface area contributed by atoms with Gasteiger partial charge in [-0.05, 0) is 73.2 Å². The summed E-state index contributed by atoms with van der Waals surface area (Å²) >= 11 is 0. The van der Waals surface area contributed by atoms with Gasteiger partial charge in [0.15, 0.2) is 5.82 Å². The second kappa shape index (κ2) is 11.0. The Kier molecular flexibility index (Phi) is 7.49. The number of hydrogen-bond acceptors (Lipinski definition) is 5. The van der Waals surface area contributed by atoms with Crippen molar-refractivity contribution < 1.29 is 27.2 Å². The minimum absolute atomic E-state index is 0.0530. The molecule has 0 radical (unpaired) electrons. The van der Waals surface area contributed by atoms with Gasteiger partial charge in [0.05, 0.1) is 17.0 Å². The maximum atomic E-state index is 14.2. The number of alkyl halides is 3. The lowest BCUT2D eigenvalue weighted by atomic mass is 9.89. The van der Waals surface area contributed by atoms with E-state index in [0.717, 1.165) is 24.3 Å². The van der Waals surface area contributed by atoms with Crippen molar-refractivity contribution in [1.82, 2.24) is 15.1 Å². The molecule has 0 unspecified atom stereocenters. The van der Waals surface area contributed by atoms with Crippen LogP contribution in [0.3, 0.4) is 0 Å². The number of carbonyl (C=O) groups excluding carboxylic acids is 2. The Morgan fingerprint density at radius 2 is 1.69 bits per heavy atom. The van der Waals surface area contributed by atoms with E-state index in [2.05, 4.69) is 15.5 Å². The van der Waals surface area contributed by atoms with Gasteiger partial charge in [0.1, 0.15) is 5.82 Å². The van der Waals surface area contributed by atoms with E-state index in [9.17, 15) is 27.2 Å². The lowest BCUT2D eigenvalue weighted by Crippen LogP contribution is -2.38. The number of hydrogen-bond donors (Lipinski definition) is 1. The fourth-order valence-corrected chi connectivity index (χ4v) is 5.18. The normalized spacial score (nSPS) is 18.3. The predicted molar refractivity (Wildman–Crippen MR) is 137 cm³/mol. The second-order valence-corrected chi connectivity index (χ2v) is 9.88. The number of likely N-dealkylation sites (tertiary alicyclic amines) is 1.